The Hall–Kier alpha value is -1.56. The normalized spacial score (nSPS) is 18.7. The molecule has 0 amide bonds. The molecule has 2 unspecified atom stereocenters. The monoisotopic (exact) mass is 398 g/mol. The van der Waals surface area contributed by atoms with E-state index in [9.17, 15) is 0 Å². The molecular formula is C22H26N2OS2. The van der Waals surface area contributed by atoms with Crippen molar-refractivity contribution >= 4 is 33.3 Å². The molecule has 0 aliphatic heterocycles. The second-order valence-electron chi connectivity index (χ2n) is 7.09. The zero-order chi connectivity index (χ0) is 18.5. The van der Waals surface area contributed by atoms with Gasteiger partial charge in [-0.3, -0.25) is 0 Å². The molecule has 1 heterocycles. The minimum atomic E-state index is 0.755. The molecule has 1 N–H and O–H groups in total. The minimum Gasteiger partial charge on any atom is -0.494 e. The molecule has 1 aliphatic rings. The van der Waals surface area contributed by atoms with Crippen LogP contribution in [-0.4, -0.2) is 30.9 Å². The number of thioether (sulfide) groups is 1. The van der Waals surface area contributed by atoms with Gasteiger partial charge in [-0.1, -0.05) is 18.2 Å². The second kappa shape index (κ2) is 9.09. The van der Waals surface area contributed by atoms with E-state index in [2.05, 4.69) is 46.9 Å². The van der Waals surface area contributed by atoms with Gasteiger partial charge in [-0.2, -0.15) is 0 Å². The zero-order valence-corrected chi connectivity index (χ0v) is 17.3. The zero-order valence-electron chi connectivity index (χ0n) is 15.7. The lowest BCUT2D eigenvalue weighted by Crippen LogP contribution is -2.19. The van der Waals surface area contributed by atoms with E-state index >= 15 is 0 Å². The van der Waals surface area contributed by atoms with E-state index in [1.807, 2.05) is 29.4 Å². The average molecular weight is 399 g/mol. The van der Waals surface area contributed by atoms with Crippen molar-refractivity contribution in [2.75, 3.05) is 26.0 Å². The molecule has 4 rings (SSSR count). The first-order chi connectivity index (χ1) is 13.3. The van der Waals surface area contributed by atoms with Crippen molar-refractivity contribution in [3.8, 4) is 5.75 Å². The maximum atomic E-state index is 5.86. The lowest BCUT2D eigenvalue weighted by Gasteiger charge is -2.08. The molecule has 2 aromatic carbocycles. The molecule has 27 heavy (non-hydrogen) atoms. The van der Waals surface area contributed by atoms with Gasteiger partial charge in [-0.15, -0.1) is 23.1 Å². The quantitative estimate of drug-likeness (QED) is 0.358. The molecule has 0 bridgehead atoms. The van der Waals surface area contributed by atoms with E-state index in [0.717, 1.165) is 55.6 Å². The fourth-order valence-electron chi connectivity index (χ4n) is 3.58. The molecule has 5 heteroatoms. The third kappa shape index (κ3) is 4.84. The number of rotatable bonds is 10. The summed E-state index contributed by atoms with van der Waals surface area (Å²) in [5.41, 5.74) is 4.45. The Morgan fingerprint density at radius 1 is 1.22 bits per heavy atom. The predicted molar refractivity (Wildman–Crippen MR) is 116 cm³/mol. The van der Waals surface area contributed by atoms with E-state index in [0.29, 0.717) is 0 Å². The van der Waals surface area contributed by atoms with Crippen LogP contribution < -0.4 is 10.1 Å². The second-order valence-corrected chi connectivity index (χ2v) is 8.82. The van der Waals surface area contributed by atoms with Gasteiger partial charge in [-0.05, 0) is 74.2 Å². The fourth-order valence-corrected chi connectivity index (χ4v) is 4.91. The van der Waals surface area contributed by atoms with Gasteiger partial charge in [0.2, 0.25) is 0 Å². The molecule has 2 atom stereocenters. The van der Waals surface area contributed by atoms with E-state index in [4.69, 9.17) is 4.74 Å². The molecule has 0 saturated heterocycles. The number of aromatic nitrogens is 1. The first-order valence-corrected chi connectivity index (χ1v) is 11.8. The smallest absolute Gasteiger partial charge is 0.121 e. The summed E-state index contributed by atoms with van der Waals surface area (Å²) in [6.45, 7) is 2.97. The van der Waals surface area contributed by atoms with Crippen molar-refractivity contribution in [1.29, 1.82) is 0 Å². The predicted octanol–water partition coefficient (Wildman–Crippen LogP) is 5.57. The highest BCUT2D eigenvalue weighted by Gasteiger charge is 2.38. The average Bonchev–Trinajstić information content (AvgIpc) is 3.32. The van der Waals surface area contributed by atoms with E-state index in [1.165, 1.54) is 16.0 Å². The van der Waals surface area contributed by atoms with Gasteiger partial charge in [0.1, 0.15) is 5.75 Å². The Morgan fingerprint density at radius 2 is 2.15 bits per heavy atom. The summed E-state index contributed by atoms with van der Waals surface area (Å²) < 4.78 is 7.07. The van der Waals surface area contributed by atoms with Crippen LogP contribution in [0.4, 0.5) is 0 Å². The Bertz CT molecular complexity index is 879. The number of ether oxygens (including phenoxy) is 1. The standard InChI is InChI=1S/C22H26N2OS2/c1-26-21-7-3-2-6-18(21)19-12-16(19)14-23-10-4-5-11-25-17-8-9-22-20(13-17)24-15-27-22/h2-3,6-9,13,15-16,19,23H,4-5,10-12,14H2,1H3. The van der Waals surface area contributed by atoms with Crippen LogP contribution in [0.1, 0.15) is 30.7 Å². The Morgan fingerprint density at radius 3 is 3.07 bits per heavy atom. The largest absolute Gasteiger partial charge is 0.494 e. The van der Waals surface area contributed by atoms with Gasteiger partial charge in [0.25, 0.3) is 0 Å². The summed E-state index contributed by atoms with van der Waals surface area (Å²) in [7, 11) is 0. The number of unbranched alkanes of at least 4 members (excludes halogenated alkanes) is 1. The SMILES string of the molecule is CSc1ccccc1C1CC1CNCCCCOc1ccc2scnc2c1. The summed E-state index contributed by atoms with van der Waals surface area (Å²) in [6, 6.07) is 15.0. The third-order valence-corrected chi connectivity index (χ3v) is 6.81. The summed E-state index contributed by atoms with van der Waals surface area (Å²) >= 11 is 3.53. The molecule has 0 spiro atoms. The number of benzene rings is 2. The molecule has 1 saturated carbocycles. The number of nitrogens with zero attached hydrogens (tertiary/aromatic N) is 1. The number of hydrogen-bond donors (Lipinski definition) is 1. The van der Waals surface area contributed by atoms with E-state index < -0.39 is 0 Å². The van der Waals surface area contributed by atoms with Crippen molar-refractivity contribution in [2.24, 2.45) is 5.92 Å². The molecule has 3 aromatic rings. The molecular weight excluding hydrogens is 372 g/mol. The van der Waals surface area contributed by atoms with Crippen molar-refractivity contribution < 1.29 is 4.74 Å². The Balaban J connectivity index is 1.10. The van der Waals surface area contributed by atoms with Gasteiger partial charge in [-0.25, -0.2) is 4.98 Å². The van der Waals surface area contributed by atoms with Crippen LogP contribution in [0.25, 0.3) is 10.2 Å². The van der Waals surface area contributed by atoms with Crippen LogP contribution in [0.2, 0.25) is 0 Å². The van der Waals surface area contributed by atoms with Crippen molar-refractivity contribution in [3.05, 3.63) is 53.5 Å². The molecule has 1 fully saturated rings. The fraction of sp³-hybridized carbons (Fsp3) is 0.409. The first-order valence-electron chi connectivity index (χ1n) is 9.65. The summed E-state index contributed by atoms with van der Waals surface area (Å²) in [5.74, 6) is 2.49. The number of hydrogen-bond acceptors (Lipinski definition) is 5. The topological polar surface area (TPSA) is 34.1 Å². The van der Waals surface area contributed by atoms with Gasteiger partial charge >= 0.3 is 0 Å². The van der Waals surface area contributed by atoms with Crippen LogP contribution >= 0.6 is 23.1 Å². The Kier molecular flexibility index (Phi) is 6.32. The first kappa shape index (κ1) is 18.8. The highest BCUT2D eigenvalue weighted by molar-refractivity contribution is 7.98. The molecule has 1 aromatic heterocycles. The van der Waals surface area contributed by atoms with Crippen molar-refractivity contribution in [2.45, 2.75) is 30.1 Å². The van der Waals surface area contributed by atoms with Crippen molar-refractivity contribution in [1.82, 2.24) is 10.3 Å². The van der Waals surface area contributed by atoms with Crippen LogP contribution in [0.5, 0.6) is 5.75 Å². The maximum absolute atomic E-state index is 5.86. The minimum absolute atomic E-state index is 0.755. The van der Waals surface area contributed by atoms with Crippen LogP contribution in [0.15, 0.2) is 52.9 Å². The third-order valence-electron chi connectivity index (χ3n) is 5.19. The van der Waals surface area contributed by atoms with Gasteiger partial charge in [0.15, 0.2) is 0 Å². The van der Waals surface area contributed by atoms with Gasteiger partial charge in [0.05, 0.1) is 22.3 Å². The molecule has 0 radical (unpaired) electrons. The van der Waals surface area contributed by atoms with Gasteiger partial charge in [0, 0.05) is 11.0 Å². The number of fused-ring (bicyclic) bond motifs is 1. The molecule has 1 aliphatic carbocycles. The lowest BCUT2D eigenvalue weighted by atomic mass is 10.1. The maximum Gasteiger partial charge on any atom is 0.121 e. The lowest BCUT2D eigenvalue weighted by molar-refractivity contribution is 0.306. The van der Waals surface area contributed by atoms with Gasteiger partial charge < -0.3 is 10.1 Å². The summed E-state index contributed by atoms with van der Waals surface area (Å²) in [6.07, 6.45) is 5.72. The van der Waals surface area contributed by atoms with Crippen LogP contribution in [0.3, 0.4) is 0 Å². The van der Waals surface area contributed by atoms with E-state index in [1.54, 1.807) is 16.9 Å². The number of thiazole rings is 1. The summed E-state index contributed by atoms with van der Waals surface area (Å²) in [5, 5.41) is 3.63. The summed E-state index contributed by atoms with van der Waals surface area (Å²) in [4.78, 5) is 5.78. The Labute approximate surface area is 169 Å². The number of nitrogens with one attached hydrogen (secondary N) is 1. The van der Waals surface area contributed by atoms with Crippen LogP contribution in [0, 0.1) is 5.92 Å². The van der Waals surface area contributed by atoms with E-state index in [-0.39, 0.29) is 0 Å². The molecule has 142 valence electrons. The van der Waals surface area contributed by atoms with Crippen LogP contribution in [-0.2, 0) is 0 Å². The highest BCUT2D eigenvalue weighted by Crippen LogP contribution is 2.49. The molecule has 3 nitrogen and oxygen atoms in total. The van der Waals surface area contributed by atoms with Crippen molar-refractivity contribution in [3.63, 3.8) is 0 Å². The highest BCUT2D eigenvalue weighted by atomic mass is 32.2.